The van der Waals surface area contributed by atoms with Crippen molar-refractivity contribution in [1.29, 1.82) is 0 Å². The molecule has 2 N–H and O–H groups in total. The highest BCUT2D eigenvalue weighted by atomic mass is 16.6. The number of nitrogens with two attached hydrogens (primary N) is 1. The predicted octanol–water partition coefficient (Wildman–Crippen LogP) is 2.24. The number of benzene rings is 1. The van der Waals surface area contributed by atoms with Gasteiger partial charge in [-0.2, -0.15) is 0 Å². The molecule has 0 aliphatic heterocycles. The lowest BCUT2D eigenvalue weighted by atomic mass is 10.2. The van der Waals surface area contributed by atoms with E-state index >= 15 is 0 Å². The Hall–Kier alpha value is -2.47. The van der Waals surface area contributed by atoms with E-state index in [1.807, 2.05) is 0 Å². The average molecular weight is 245 g/mol. The zero-order valence-corrected chi connectivity index (χ0v) is 9.45. The van der Waals surface area contributed by atoms with Gasteiger partial charge in [-0.15, -0.1) is 0 Å². The molecule has 0 aliphatic rings. The summed E-state index contributed by atoms with van der Waals surface area (Å²) in [6, 6.07) is 9.47. The first kappa shape index (κ1) is 12.0. The maximum atomic E-state index is 10.6. The first-order valence-electron chi connectivity index (χ1n) is 5.27. The molecule has 0 amide bonds. The Labute approximate surface area is 103 Å². The van der Waals surface area contributed by atoms with Crippen molar-refractivity contribution < 1.29 is 9.66 Å². The Morgan fingerprint density at radius 2 is 2.17 bits per heavy atom. The van der Waals surface area contributed by atoms with E-state index < -0.39 is 4.92 Å². The molecule has 0 saturated carbocycles. The van der Waals surface area contributed by atoms with Crippen LogP contribution in [0.3, 0.4) is 0 Å². The monoisotopic (exact) mass is 245 g/mol. The lowest BCUT2D eigenvalue weighted by Gasteiger charge is -2.07. The van der Waals surface area contributed by atoms with E-state index in [1.165, 1.54) is 12.1 Å². The van der Waals surface area contributed by atoms with Crippen molar-refractivity contribution in [2.45, 2.75) is 6.54 Å². The summed E-state index contributed by atoms with van der Waals surface area (Å²) in [5.41, 5.74) is 6.26. The Bertz CT molecular complexity index is 572. The highest BCUT2D eigenvalue weighted by molar-refractivity contribution is 5.40. The standard InChI is InChI=1S/C12H11N3O3/c13-8-9-3-2-6-14-12(9)18-11-5-1-4-10(7-11)15(16)17/h1-7H,8,13H2. The zero-order valence-electron chi connectivity index (χ0n) is 9.45. The molecule has 6 nitrogen and oxygen atoms in total. The topological polar surface area (TPSA) is 91.3 Å². The molecule has 1 aromatic carbocycles. The van der Waals surface area contributed by atoms with E-state index in [4.69, 9.17) is 10.5 Å². The number of non-ortho nitro benzene ring substituents is 1. The van der Waals surface area contributed by atoms with Gasteiger partial charge in [0.2, 0.25) is 5.88 Å². The quantitative estimate of drug-likeness (QED) is 0.658. The van der Waals surface area contributed by atoms with Gasteiger partial charge in [0.25, 0.3) is 5.69 Å². The fourth-order valence-electron chi connectivity index (χ4n) is 1.44. The summed E-state index contributed by atoms with van der Waals surface area (Å²) in [5.74, 6) is 0.720. The van der Waals surface area contributed by atoms with Gasteiger partial charge in [-0.3, -0.25) is 10.1 Å². The van der Waals surface area contributed by atoms with Crippen LogP contribution in [-0.4, -0.2) is 9.91 Å². The minimum Gasteiger partial charge on any atom is -0.438 e. The molecule has 0 radical (unpaired) electrons. The number of pyridine rings is 1. The maximum Gasteiger partial charge on any atom is 0.273 e. The summed E-state index contributed by atoms with van der Waals surface area (Å²) < 4.78 is 5.50. The van der Waals surface area contributed by atoms with Crippen molar-refractivity contribution in [3.05, 3.63) is 58.3 Å². The fourth-order valence-corrected chi connectivity index (χ4v) is 1.44. The SMILES string of the molecule is NCc1cccnc1Oc1cccc([N+](=O)[O-])c1. The number of nitro benzene ring substituents is 1. The molecule has 0 unspecified atom stereocenters. The molecular formula is C12H11N3O3. The van der Waals surface area contributed by atoms with Gasteiger partial charge in [0.1, 0.15) is 5.75 Å². The average Bonchev–Trinajstić information content (AvgIpc) is 2.39. The molecule has 18 heavy (non-hydrogen) atoms. The number of ether oxygens (including phenoxy) is 1. The van der Waals surface area contributed by atoms with E-state index in [1.54, 1.807) is 30.5 Å². The molecule has 0 saturated heterocycles. The third kappa shape index (κ3) is 2.61. The smallest absolute Gasteiger partial charge is 0.273 e. The van der Waals surface area contributed by atoms with E-state index in [0.717, 1.165) is 5.56 Å². The van der Waals surface area contributed by atoms with Crippen LogP contribution in [0, 0.1) is 10.1 Å². The molecular weight excluding hydrogens is 234 g/mol. The number of nitro groups is 1. The molecule has 6 heteroatoms. The van der Waals surface area contributed by atoms with Crippen molar-refractivity contribution in [3.63, 3.8) is 0 Å². The number of nitrogens with zero attached hydrogens (tertiary/aromatic N) is 2. The highest BCUT2D eigenvalue weighted by Gasteiger charge is 2.09. The fraction of sp³-hybridized carbons (Fsp3) is 0.0833. The second-order valence-electron chi connectivity index (χ2n) is 3.53. The molecule has 0 bridgehead atoms. The summed E-state index contributed by atoms with van der Waals surface area (Å²) in [6.07, 6.45) is 1.58. The number of hydrogen-bond donors (Lipinski definition) is 1. The third-order valence-corrected chi connectivity index (χ3v) is 2.31. The van der Waals surface area contributed by atoms with E-state index in [0.29, 0.717) is 11.6 Å². The summed E-state index contributed by atoms with van der Waals surface area (Å²) in [5, 5.41) is 10.6. The van der Waals surface area contributed by atoms with Crippen LogP contribution >= 0.6 is 0 Å². The van der Waals surface area contributed by atoms with Gasteiger partial charge >= 0.3 is 0 Å². The molecule has 2 rings (SSSR count). The van der Waals surface area contributed by atoms with E-state index in [9.17, 15) is 10.1 Å². The normalized spacial score (nSPS) is 10.1. The van der Waals surface area contributed by atoms with Crippen molar-refractivity contribution in [3.8, 4) is 11.6 Å². The van der Waals surface area contributed by atoms with Crippen LogP contribution in [0.25, 0.3) is 0 Å². The zero-order chi connectivity index (χ0) is 13.0. The minimum absolute atomic E-state index is 0.0299. The van der Waals surface area contributed by atoms with Gasteiger partial charge in [-0.25, -0.2) is 4.98 Å². The first-order valence-corrected chi connectivity index (χ1v) is 5.27. The molecule has 2 aromatic rings. The van der Waals surface area contributed by atoms with Crippen molar-refractivity contribution in [2.24, 2.45) is 5.73 Å². The Kier molecular flexibility index (Phi) is 3.49. The van der Waals surface area contributed by atoms with Crippen molar-refractivity contribution >= 4 is 5.69 Å². The van der Waals surface area contributed by atoms with Crippen LogP contribution in [0.15, 0.2) is 42.6 Å². The largest absolute Gasteiger partial charge is 0.438 e. The van der Waals surface area contributed by atoms with Gasteiger partial charge in [-0.1, -0.05) is 12.1 Å². The van der Waals surface area contributed by atoms with E-state index in [2.05, 4.69) is 4.98 Å². The minimum atomic E-state index is -0.477. The second kappa shape index (κ2) is 5.24. The van der Waals surface area contributed by atoms with Gasteiger partial charge in [0, 0.05) is 24.4 Å². The first-order chi connectivity index (χ1) is 8.70. The van der Waals surface area contributed by atoms with E-state index in [-0.39, 0.29) is 12.2 Å². The molecule has 0 aliphatic carbocycles. The number of aromatic nitrogens is 1. The third-order valence-electron chi connectivity index (χ3n) is 2.31. The Morgan fingerprint density at radius 1 is 1.33 bits per heavy atom. The van der Waals surface area contributed by atoms with Gasteiger partial charge in [0.15, 0.2) is 0 Å². The van der Waals surface area contributed by atoms with Crippen molar-refractivity contribution in [1.82, 2.24) is 4.98 Å². The van der Waals surface area contributed by atoms with Crippen LogP contribution in [-0.2, 0) is 6.54 Å². The van der Waals surface area contributed by atoms with Crippen molar-refractivity contribution in [2.75, 3.05) is 0 Å². The summed E-state index contributed by atoms with van der Waals surface area (Å²) in [7, 11) is 0. The van der Waals surface area contributed by atoms with Gasteiger partial charge < -0.3 is 10.5 Å². The molecule has 1 aromatic heterocycles. The molecule has 92 valence electrons. The van der Waals surface area contributed by atoms with Crippen LogP contribution in [0.5, 0.6) is 11.6 Å². The molecule has 0 spiro atoms. The lowest BCUT2D eigenvalue weighted by Crippen LogP contribution is -2.00. The van der Waals surface area contributed by atoms with Gasteiger partial charge in [0.05, 0.1) is 11.0 Å². The van der Waals surface area contributed by atoms with Crippen LogP contribution < -0.4 is 10.5 Å². The maximum absolute atomic E-state index is 10.6. The molecule has 0 fully saturated rings. The molecule has 1 heterocycles. The Morgan fingerprint density at radius 3 is 2.89 bits per heavy atom. The lowest BCUT2D eigenvalue weighted by molar-refractivity contribution is -0.384. The second-order valence-corrected chi connectivity index (χ2v) is 3.53. The van der Waals surface area contributed by atoms with Gasteiger partial charge in [-0.05, 0) is 12.1 Å². The van der Waals surface area contributed by atoms with Crippen LogP contribution in [0.4, 0.5) is 5.69 Å². The number of rotatable bonds is 4. The molecule has 0 atom stereocenters. The van der Waals surface area contributed by atoms with Crippen LogP contribution in [0.1, 0.15) is 5.56 Å². The summed E-state index contributed by atoms with van der Waals surface area (Å²) in [4.78, 5) is 14.2. The Balaban J connectivity index is 2.28. The summed E-state index contributed by atoms with van der Waals surface area (Å²) in [6.45, 7) is 0.290. The predicted molar refractivity (Wildman–Crippen MR) is 65.3 cm³/mol. The number of hydrogen-bond acceptors (Lipinski definition) is 5. The van der Waals surface area contributed by atoms with Crippen LogP contribution in [0.2, 0.25) is 0 Å². The summed E-state index contributed by atoms with van der Waals surface area (Å²) >= 11 is 0. The highest BCUT2D eigenvalue weighted by Crippen LogP contribution is 2.25.